The molecule has 0 radical (unpaired) electrons. The summed E-state index contributed by atoms with van der Waals surface area (Å²) in [6.07, 6.45) is 3.29. The first kappa shape index (κ1) is 13.7. The SMILES string of the molecule is CC(=O)Oc1ccc(C(=O)C=Cc2ccccc2)cc1. The highest BCUT2D eigenvalue weighted by Crippen LogP contribution is 2.13. The van der Waals surface area contributed by atoms with Crippen LogP contribution in [0.15, 0.2) is 60.7 Å². The van der Waals surface area contributed by atoms with Crippen LogP contribution in [0.25, 0.3) is 6.08 Å². The van der Waals surface area contributed by atoms with Crippen molar-refractivity contribution in [2.45, 2.75) is 6.92 Å². The second-order valence-corrected chi connectivity index (χ2v) is 4.23. The van der Waals surface area contributed by atoms with Crippen molar-refractivity contribution in [2.75, 3.05) is 0 Å². The molecule has 0 bridgehead atoms. The summed E-state index contributed by atoms with van der Waals surface area (Å²) in [5.41, 5.74) is 1.52. The van der Waals surface area contributed by atoms with Crippen LogP contribution in [0, 0.1) is 0 Å². The number of esters is 1. The van der Waals surface area contributed by atoms with Crippen LogP contribution in [-0.4, -0.2) is 11.8 Å². The zero-order valence-electron chi connectivity index (χ0n) is 11.1. The first-order valence-electron chi connectivity index (χ1n) is 6.21. The van der Waals surface area contributed by atoms with Gasteiger partial charge in [-0.2, -0.15) is 0 Å². The molecule has 0 atom stereocenters. The fraction of sp³-hybridized carbons (Fsp3) is 0.0588. The molecule has 20 heavy (non-hydrogen) atoms. The quantitative estimate of drug-likeness (QED) is 0.368. The standard InChI is InChI=1S/C17H14O3/c1-13(18)20-16-10-8-15(9-11-16)17(19)12-7-14-5-3-2-4-6-14/h2-12H,1H3. The van der Waals surface area contributed by atoms with E-state index in [-0.39, 0.29) is 11.8 Å². The van der Waals surface area contributed by atoms with E-state index in [1.807, 2.05) is 30.3 Å². The van der Waals surface area contributed by atoms with Gasteiger partial charge < -0.3 is 4.74 Å². The number of benzene rings is 2. The molecule has 3 heteroatoms. The third kappa shape index (κ3) is 3.92. The van der Waals surface area contributed by atoms with Gasteiger partial charge in [0.05, 0.1) is 0 Å². The summed E-state index contributed by atoms with van der Waals surface area (Å²) in [6, 6.07) is 16.1. The Balaban J connectivity index is 2.06. The number of hydrogen-bond donors (Lipinski definition) is 0. The van der Waals surface area contributed by atoms with E-state index in [1.54, 1.807) is 30.3 Å². The minimum absolute atomic E-state index is 0.0942. The number of ether oxygens (including phenoxy) is 1. The minimum Gasteiger partial charge on any atom is -0.427 e. The van der Waals surface area contributed by atoms with Crippen LogP contribution in [0.3, 0.4) is 0 Å². The van der Waals surface area contributed by atoms with Gasteiger partial charge in [-0.15, -0.1) is 0 Å². The Morgan fingerprint density at radius 2 is 1.60 bits per heavy atom. The van der Waals surface area contributed by atoms with Gasteiger partial charge in [0, 0.05) is 12.5 Å². The van der Waals surface area contributed by atoms with Crippen LogP contribution in [-0.2, 0) is 4.79 Å². The van der Waals surface area contributed by atoms with E-state index in [1.165, 1.54) is 13.0 Å². The van der Waals surface area contributed by atoms with Crippen molar-refractivity contribution >= 4 is 17.8 Å². The maximum atomic E-state index is 12.0. The van der Waals surface area contributed by atoms with Gasteiger partial charge in [-0.05, 0) is 35.9 Å². The van der Waals surface area contributed by atoms with E-state index in [9.17, 15) is 9.59 Å². The molecular formula is C17H14O3. The molecule has 0 aliphatic rings. The molecule has 0 N–H and O–H groups in total. The summed E-state index contributed by atoms with van der Waals surface area (Å²) < 4.78 is 4.91. The third-order valence-electron chi connectivity index (χ3n) is 2.63. The molecule has 100 valence electrons. The van der Waals surface area contributed by atoms with Gasteiger partial charge in [0.2, 0.25) is 0 Å². The number of carbonyl (C=O) groups excluding carboxylic acids is 2. The highest BCUT2D eigenvalue weighted by Gasteiger charge is 2.03. The molecule has 0 saturated heterocycles. The van der Waals surface area contributed by atoms with Crippen molar-refractivity contribution in [1.29, 1.82) is 0 Å². The van der Waals surface area contributed by atoms with Gasteiger partial charge in [0.25, 0.3) is 0 Å². The van der Waals surface area contributed by atoms with Gasteiger partial charge in [-0.25, -0.2) is 0 Å². The molecule has 0 spiro atoms. The smallest absolute Gasteiger partial charge is 0.308 e. The molecule has 0 saturated carbocycles. The Morgan fingerprint density at radius 1 is 0.950 bits per heavy atom. The molecule has 3 nitrogen and oxygen atoms in total. The van der Waals surface area contributed by atoms with E-state index in [4.69, 9.17) is 4.74 Å². The van der Waals surface area contributed by atoms with Crippen molar-refractivity contribution in [3.05, 3.63) is 71.8 Å². The first-order valence-corrected chi connectivity index (χ1v) is 6.21. The number of ketones is 1. The third-order valence-corrected chi connectivity index (χ3v) is 2.63. The van der Waals surface area contributed by atoms with Gasteiger partial charge in [0.15, 0.2) is 5.78 Å². The topological polar surface area (TPSA) is 43.4 Å². The molecule has 2 aromatic rings. The zero-order chi connectivity index (χ0) is 14.4. The Labute approximate surface area is 117 Å². The zero-order valence-corrected chi connectivity index (χ0v) is 11.1. The molecule has 0 amide bonds. The Kier molecular flexibility index (Phi) is 4.45. The summed E-state index contributed by atoms with van der Waals surface area (Å²) in [6.45, 7) is 1.33. The lowest BCUT2D eigenvalue weighted by atomic mass is 10.1. The second kappa shape index (κ2) is 6.48. The maximum Gasteiger partial charge on any atom is 0.308 e. The van der Waals surface area contributed by atoms with Crippen molar-refractivity contribution in [3.8, 4) is 5.75 Å². The van der Waals surface area contributed by atoms with Crippen LogP contribution in [0.4, 0.5) is 0 Å². The largest absolute Gasteiger partial charge is 0.427 e. The van der Waals surface area contributed by atoms with Crippen molar-refractivity contribution < 1.29 is 14.3 Å². The molecular weight excluding hydrogens is 252 g/mol. The monoisotopic (exact) mass is 266 g/mol. The van der Waals surface area contributed by atoms with E-state index in [2.05, 4.69) is 0 Å². The van der Waals surface area contributed by atoms with E-state index < -0.39 is 0 Å². The Bertz CT molecular complexity index is 625. The molecule has 0 aliphatic carbocycles. The molecule has 0 unspecified atom stereocenters. The predicted molar refractivity (Wildman–Crippen MR) is 77.6 cm³/mol. The van der Waals surface area contributed by atoms with Crippen LogP contribution in [0.2, 0.25) is 0 Å². The molecule has 0 heterocycles. The number of allylic oxidation sites excluding steroid dienone is 1. The van der Waals surface area contributed by atoms with E-state index in [0.29, 0.717) is 11.3 Å². The van der Waals surface area contributed by atoms with Crippen LogP contribution in [0.5, 0.6) is 5.75 Å². The van der Waals surface area contributed by atoms with Crippen LogP contribution >= 0.6 is 0 Å². The van der Waals surface area contributed by atoms with Gasteiger partial charge in [0.1, 0.15) is 5.75 Å². The highest BCUT2D eigenvalue weighted by molar-refractivity contribution is 6.06. The van der Waals surface area contributed by atoms with E-state index >= 15 is 0 Å². The maximum absolute atomic E-state index is 12.0. The summed E-state index contributed by atoms with van der Waals surface area (Å²) in [7, 11) is 0. The number of hydrogen-bond acceptors (Lipinski definition) is 3. The fourth-order valence-electron chi connectivity index (χ4n) is 1.69. The minimum atomic E-state index is -0.381. The Morgan fingerprint density at radius 3 is 2.20 bits per heavy atom. The average molecular weight is 266 g/mol. The molecule has 2 rings (SSSR count). The lowest BCUT2D eigenvalue weighted by molar-refractivity contribution is -0.131. The number of carbonyl (C=O) groups is 2. The van der Waals surface area contributed by atoms with Crippen molar-refractivity contribution in [1.82, 2.24) is 0 Å². The second-order valence-electron chi connectivity index (χ2n) is 4.23. The van der Waals surface area contributed by atoms with Gasteiger partial charge in [-0.3, -0.25) is 9.59 Å². The summed E-state index contributed by atoms with van der Waals surface area (Å²) >= 11 is 0. The molecule has 0 aromatic heterocycles. The normalized spacial score (nSPS) is 10.4. The lowest BCUT2D eigenvalue weighted by Crippen LogP contribution is -2.01. The van der Waals surface area contributed by atoms with Crippen molar-refractivity contribution in [3.63, 3.8) is 0 Å². The lowest BCUT2D eigenvalue weighted by Gasteiger charge is -2.01. The average Bonchev–Trinajstić information content (AvgIpc) is 2.46. The van der Waals surface area contributed by atoms with Crippen molar-refractivity contribution in [2.24, 2.45) is 0 Å². The highest BCUT2D eigenvalue weighted by atomic mass is 16.5. The molecule has 0 aliphatic heterocycles. The van der Waals surface area contributed by atoms with Gasteiger partial charge >= 0.3 is 5.97 Å². The molecule has 2 aromatic carbocycles. The summed E-state index contributed by atoms with van der Waals surface area (Å²) in [5.74, 6) is -0.0441. The fourth-order valence-corrected chi connectivity index (χ4v) is 1.69. The predicted octanol–water partition coefficient (Wildman–Crippen LogP) is 3.51. The molecule has 0 fully saturated rings. The van der Waals surface area contributed by atoms with E-state index in [0.717, 1.165) is 5.56 Å². The number of rotatable bonds is 4. The summed E-state index contributed by atoms with van der Waals surface area (Å²) in [4.78, 5) is 22.7. The van der Waals surface area contributed by atoms with Gasteiger partial charge in [-0.1, -0.05) is 36.4 Å². The summed E-state index contributed by atoms with van der Waals surface area (Å²) in [5, 5.41) is 0. The van der Waals surface area contributed by atoms with Crippen LogP contribution in [0.1, 0.15) is 22.8 Å². The Hall–Kier alpha value is -2.68. The first-order chi connectivity index (χ1) is 9.65. The van der Waals surface area contributed by atoms with Crippen LogP contribution < -0.4 is 4.74 Å².